The molecule has 0 aliphatic carbocycles. The number of fused-ring (bicyclic) bond motifs is 1. The summed E-state index contributed by atoms with van der Waals surface area (Å²) in [4.78, 5) is 4.36. The fourth-order valence-electron chi connectivity index (χ4n) is 2.52. The van der Waals surface area contributed by atoms with E-state index in [-0.39, 0.29) is 6.04 Å². The van der Waals surface area contributed by atoms with Crippen molar-refractivity contribution in [3.63, 3.8) is 0 Å². The molecular weight excluding hydrogens is 280 g/mol. The third-order valence-electron chi connectivity index (χ3n) is 3.63. The van der Waals surface area contributed by atoms with Crippen molar-refractivity contribution in [2.75, 3.05) is 5.32 Å². The predicted molar refractivity (Wildman–Crippen MR) is 90.0 cm³/mol. The molecule has 2 aromatic carbocycles. The monoisotopic (exact) mass is 296 g/mol. The van der Waals surface area contributed by atoms with Crippen molar-refractivity contribution in [1.82, 2.24) is 4.98 Å². The Morgan fingerprint density at radius 1 is 1.10 bits per heavy atom. The number of hydrogen-bond donors (Lipinski definition) is 1. The summed E-state index contributed by atoms with van der Waals surface area (Å²) in [5, 5.41) is 5.28. The highest BCUT2D eigenvalue weighted by atomic mass is 35.5. The molecule has 0 spiro atoms. The smallest absolute Gasteiger partial charge is 0.0908 e. The highest BCUT2D eigenvalue weighted by Gasteiger charge is 2.09. The largest absolute Gasteiger partial charge is 0.378 e. The van der Waals surface area contributed by atoms with E-state index < -0.39 is 0 Å². The number of nitrogens with zero attached hydrogens (tertiary/aromatic N) is 1. The van der Waals surface area contributed by atoms with Crippen LogP contribution in [0, 0.1) is 6.92 Å². The van der Waals surface area contributed by atoms with Gasteiger partial charge in [-0.15, -0.1) is 0 Å². The van der Waals surface area contributed by atoms with E-state index in [1.54, 1.807) is 6.20 Å². The van der Waals surface area contributed by atoms with Crippen LogP contribution in [-0.4, -0.2) is 4.98 Å². The van der Waals surface area contributed by atoms with Crippen LogP contribution >= 0.6 is 11.6 Å². The normalized spacial score (nSPS) is 12.3. The number of aromatic nitrogens is 1. The zero-order valence-corrected chi connectivity index (χ0v) is 12.9. The molecule has 2 nitrogen and oxygen atoms in total. The minimum absolute atomic E-state index is 0.217. The van der Waals surface area contributed by atoms with Crippen LogP contribution in [0.3, 0.4) is 0 Å². The predicted octanol–water partition coefficient (Wildman–Crippen LogP) is 5.37. The zero-order chi connectivity index (χ0) is 14.8. The minimum atomic E-state index is 0.217. The Morgan fingerprint density at radius 2 is 1.95 bits per heavy atom. The molecule has 0 fully saturated rings. The molecule has 3 heteroatoms. The molecule has 0 amide bonds. The molecule has 0 saturated carbocycles. The maximum absolute atomic E-state index is 6.21. The quantitative estimate of drug-likeness (QED) is 0.703. The Hall–Kier alpha value is -2.06. The molecule has 106 valence electrons. The SMILES string of the molecule is Cc1cccc(C(C)Nc2ccc(Cl)c3ncccc23)c1. The number of benzene rings is 2. The number of rotatable bonds is 3. The highest BCUT2D eigenvalue weighted by Crippen LogP contribution is 2.30. The Morgan fingerprint density at radius 3 is 2.76 bits per heavy atom. The molecule has 0 aliphatic heterocycles. The maximum Gasteiger partial charge on any atom is 0.0908 e. The van der Waals surface area contributed by atoms with Crippen LogP contribution in [0.4, 0.5) is 5.69 Å². The molecule has 1 heterocycles. The van der Waals surface area contributed by atoms with E-state index in [1.165, 1.54) is 11.1 Å². The number of halogens is 1. The van der Waals surface area contributed by atoms with Crippen molar-refractivity contribution in [2.24, 2.45) is 0 Å². The first-order valence-corrected chi connectivity index (χ1v) is 7.39. The van der Waals surface area contributed by atoms with E-state index in [1.807, 2.05) is 24.3 Å². The summed E-state index contributed by atoms with van der Waals surface area (Å²) in [7, 11) is 0. The lowest BCUT2D eigenvalue weighted by Crippen LogP contribution is -2.07. The van der Waals surface area contributed by atoms with Gasteiger partial charge in [-0.1, -0.05) is 41.4 Å². The van der Waals surface area contributed by atoms with Crippen molar-refractivity contribution >= 4 is 28.2 Å². The van der Waals surface area contributed by atoms with Gasteiger partial charge in [0.05, 0.1) is 10.5 Å². The van der Waals surface area contributed by atoms with E-state index >= 15 is 0 Å². The number of aryl methyl sites for hydroxylation is 1. The molecule has 1 N–H and O–H groups in total. The van der Waals surface area contributed by atoms with Gasteiger partial charge in [-0.3, -0.25) is 4.98 Å². The molecule has 21 heavy (non-hydrogen) atoms. The van der Waals surface area contributed by atoms with Crippen LogP contribution < -0.4 is 5.32 Å². The molecule has 0 saturated heterocycles. The number of nitrogens with one attached hydrogen (secondary N) is 1. The first-order valence-electron chi connectivity index (χ1n) is 7.01. The molecule has 0 bridgehead atoms. The van der Waals surface area contributed by atoms with Crippen LogP contribution in [0.5, 0.6) is 0 Å². The van der Waals surface area contributed by atoms with Gasteiger partial charge >= 0.3 is 0 Å². The molecule has 3 rings (SSSR count). The average molecular weight is 297 g/mol. The second kappa shape index (κ2) is 5.74. The zero-order valence-electron chi connectivity index (χ0n) is 12.1. The summed E-state index contributed by atoms with van der Waals surface area (Å²) >= 11 is 6.21. The lowest BCUT2D eigenvalue weighted by atomic mass is 10.0. The van der Waals surface area contributed by atoms with Gasteiger partial charge in [-0.2, -0.15) is 0 Å². The molecule has 1 atom stereocenters. The third kappa shape index (κ3) is 2.86. The van der Waals surface area contributed by atoms with Crippen molar-refractivity contribution in [3.05, 3.63) is 70.9 Å². The van der Waals surface area contributed by atoms with Crippen LogP contribution in [0.2, 0.25) is 5.02 Å². The van der Waals surface area contributed by atoms with E-state index in [0.29, 0.717) is 5.02 Å². The van der Waals surface area contributed by atoms with Gasteiger partial charge < -0.3 is 5.32 Å². The fourth-order valence-corrected chi connectivity index (χ4v) is 2.73. The summed E-state index contributed by atoms with van der Waals surface area (Å²) < 4.78 is 0. The van der Waals surface area contributed by atoms with Gasteiger partial charge in [0.1, 0.15) is 0 Å². The fraction of sp³-hybridized carbons (Fsp3) is 0.167. The maximum atomic E-state index is 6.21. The molecule has 0 radical (unpaired) electrons. The van der Waals surface area contributed by atoms with Gasteiger partial charge in [-0.25, -0.2) is 0 Å². The standard InChI is InChI=1S/C18H17ClN2/c1-12-5-3-6-14(11-12)13(2)21-17-9-8-16(19)18-15(17)7-4-10-20-18/h3-11,13,21H,1-2H3. The highest BCUT2D eigenvalue weighted by molar-refractivity contribution is 6.35. The molecular formula is C18H17ClN2. The van der Waals surface area contributed by atoms with E-state index in [4.69, 9.17) is 11.6 Å². The number of pyridine rings is 1. The van der Waals surface area contributed by atoms with E-state index in [9.17, 15) is 0 Å². The lowest BCUT2D eigenvalue weighted by molar-refractivity contribution is 0.885. The summed E-state index contributed by atoms with van der Waals surface area (Å²) in [6, 6.07) is 16.6. The second-order valence-corrected chi connectivity index (χ2v) is 5.68. The van der Waals surface area contributed by atoms with Crippen molar-refractivity contribution in [1.29, 1.82) is 0 Å². The Bertz CT molecular complexity index is 783. The minimum Gasteiger partial charge on any atom is -0.378 e. The second-order valence-electron chi connectivity index (χ2n) is 5.27. The van der Waals surface area contributed by atoms with Crippen LogP contribution in [0.25, 0.3) is 10.9 Å². The van der Waals surface area contributed by atoms with E-state index in [0.717, 1.165) is 16.6 Å². The summed E-state index contributed by atoms with van der Waals surface area (Å²) in [6.45, 7) is 4.27. The molecule has 1 aromatic heterocycles. The van der Waals surface area contributed by atoms with Crippen LogP contribution in [0.15, 0.2) is 54.7 Å². The summed E-state index contributed by atoms with van der Waals surface area (Å²) in [6.07, 6.45) is 1.77. The van der Waals surface area contributed by atoms with E-state index in [2.05, 4.69) is 48.4 Å². The summed E-state index contributed by atoms with van der Waals surface area (Å²) in [5.41, 5.74) is 4.42. The van der Waals surface area contributed by atoms with Gasteiger partial charge in [-0.05, 0) is 43.7 Å². The van der Waals surface area contributed by atoms with Crippen molar-refractivity contribution < 1.29 is 0 Å². The molecule has 1 unspecified atom stereocenters. The van der Waals surface area contributed by atoms with Gasteiger partial charge in [0.15, 0.2) is 0 Å². The average Bonchev–Trinajstić information content (AvgIpc) is 2.50. The first-order chi connectivity index (χ1) is 10.1. The van der Waals surface area contributed by atoms with Crippen LogP contribution in [0.1, 0.15) is 24.1 Å². The summed E-state index contributed by atoms with van der Waals surface area (Å²) in [5.74, 6) is 0. The number of hydrogen-bond acceptors (Lipinski definition) is 2. The van der Waals surface area contributed by atoms with Crippen molar-refractivity contribution in [3.8, 4) is 0 Å². The van der Waals surface area contributed by atoms with Gasteiger partial charge in [0.2, 0.25) is 0 Å². The first kappa shape index (κ1) is 13.9. The Labute approximate surface area is 129 Å². The topological polar surface area (TPSA) is 24.9 Å². The third-order valence-corrected chi connectivity index (χ3v) is 3.94. The lowest BCUT2D eigenvalue weighted by Gasteiger charge is -2.18. The van der Waals surface area contributed by atoms with Crippen molar-refractivity contribution in [2.45, 2.75) is 19.9 Å². The van der Waals surface area contributed by atoms with Crippen LogP contribution in [-0.2, 0) is 0 Å². The van der Waals surface area contributed by atoms with Gasteiger partial charge in [0.25, 0.3) is 0 Å². The Kier molecular flexibility index (Phi) is 3.80. The number of anilines is 1. The Balaban J connectivity index is 1.97. The molecule has 3 aromatic rings. The van der Waals surface area contributed by atoms with Gasteiger partial charge in [0, 0.05) is 23.3 Å². The molecule has 0 aliphatic rings.